The van der Waals surface area contributed by atoms with Crippen LogP contribution in [0.2, 0.25) is 0 Å². The van der Waals surface area contributed by atoms with E-state index in [-0.39, 0.29) is 17.0 Å². The maximum absolute atomic E-state index is 12.0. The van der Waals surface area contributed by atoms with Crippen molar-refractivity contribution in [3.63, 3.8) is 0 Å². The number of hydrogen-bond donors (Lipinski definition) is 1. The normalized spacial score (nSPS) is 9.85. The lowest BCUT2D eigenvalue weighted by Crippen LogP contribution is -2.13. The number of carbonyl (C=O) groups is 1. The van der Waals surface area contributed by atoms with Gasteiger partial charge in [-0.05, 0) is 12.1 Å². The SMILES string of the molecule is COc1ccc(C(=O)Nc2cc[nH+]cc2)cc1[N+](=O)[O-]. The summed E-state index contributed by atoms with van der Waals surface area (Å²) in [5.74, 6) is -0.317. The van der Waals surface area contributed by atoms with Gasteiger partial charge in [0.05, 0.1) is 17.7 Å². The van der Waals surface area contributed by atoms with E-state index < -0.39 is 10.8 Å². The van der Waals surface area contributed by atoms with Crippen LogP contribution in [-0.4, -0.2) is 17.9 Å². The molecule has 2 aromatic rings. The molecule has 0 saturated carbocycles. The van der Waals surface area contributed by atoms with Gasteiger partial charge in [0.1, 0.15) is 0 Å². The van der Waals surface area contributed by atoms with Gasteiger partial charge < -0.3 is 10.1 Å². The molecule has 0 unspecified atom stereocenters. The smallest absolute Gasteiger partial charge is 0.311 e. The molecule has 0 saturated heterocycles. The van der Waals surface area contributed by atoms with Crippen LogP contribution in [0, 0.1) is 10.1 Å². The van der Waals surface area contributed by atoms with Crippen molar-refractivity contribution >= 4 is 17.3 Å². The van der Waals surface area contributed by atoms with Crippen molar-refractivity contribution in [3.05, 3.63) is 58.4 Å². The summed E-state index contributed by atoms with van der Waals surface area (Å²) >= 11 is 0. The third-order valence-corrected chi connectivity index (χ3v) is 2.61. The number of pyridine rings is 1. The van der Waals surface area contributed by atoms with Crippen LogP contribution in [0.15, 0.2) is 42.7 Å². The van der Waals surface area contributed by atoms with Crippen molar-refractivity contribution in [1.29, 1.82) is 0 Å². The predicted octanol–water partition coefficient (Wildman–Crippen LogP) is 1.67. The Morgan fingerprint density at radius 2 is 2.00 bits per heavy atom. The average Bonchev–Trinajstić information content (AvgIpc) is 2.47. The number of amides is 1. The summed E-state index contributed by atoms with van der Waals surface area (Å²) in [6, 6.07) is 7.40. The highest BCUT2D eigenvalue weighted by molar-refractivity contribution is 6.04. The van der Waals surface area contributed by atoms with Crippen molar-refractivity contribution in [1.82, 2.24) is 0 Å². The Bertz CT molecular complexity index is 643. The maximum Gasteiger partial charge on any atom is 0.311 e. The highest BCUT2D eigenvalue weighted by Crippen LogP contribution is 2.27. The Morgan fingerprint density at radius 1 is 1.30 bits per heavy atom. The first-order valence-electron chi connectivity index (χ1n) is 5.71. The third kappa shape index (κ3) is 2.89. The number of anilines is 1. The summed E-state index contributed by atoms with van der Waals surface area (Å²) in [7, 11) is 1.34. The van der Waals surface area contributed by atoms with E-state index in [2.05, 4.69) is 10.3 Å². The fraction of sp³-hybridized carbons (Fsp3) is 0.0769. The molecular formula is C13H12N3O4+. The number of nitro benzene ring substituents is 1. The Balaban J connectivity index is 2.27. The lowest BCUT2D eigenvalue weighted by Gasteiger charge is -2.06. The summed E-state index contributed by atoms with van der Waals surface area (Å²) in [5, 5.41) is 13.5. The minimum Gasteiger partial charge on any atom is -0.490 e. The van der Waals surface area contributed by atoms with Crippen LogP contribution in [0.5, 0.6) is 5.75 Å². The zero-order valence-electron chi connectivity index (χ0n) is 10.6. The highest BCUT2D eigenvalue weighted by atomic mass is 16.6. The van der Waals surface area contributed by atoms with Crippen LogP contribution >= 0.6 is 0 Å². The first kappa shape index (κ1) is 13.5. The Hall–Kier alpha value is -2.96. The summed E-state index contributed by atoms with van der Waals surface area (Å²) < 4.78 is 4.88. The zero-order valence-corrected chi connectivity index (χ0v) is 10.6. The topological polar surface area (TPSA) is 95.6 Å². The second kappa shape index (κ2) is 5.79. The van der Waals surface area contributed by atoms with Gasteiger partial charge in [0.2, 0.25) is 0 Å². The van der Waals surface area contributed by atoms with Crippen molar-refractivity contribution in [3.8, 4) is 5.75 Å². The molecule has 0 aliphatic rings. The maximum atomic E-state index is 12.0. The molecule has 2 rings (SSSR count). The van der Waals surface area contributed by atoms with Crippen molar-refractivity contribution < 1.29 is 19.4 Å². The number of benzene rings is 1. The second-order valence-corrected chi connectivity index (χ2v) is 3.89. The molecule has 0 bridgehead atoms. The van der Waals surface area contributed by atoms with E-state index in [9.17, 15) is 14.9 Å². The predicted molar refractivity (Wildman–Crippen MR) is 70.6 cm³/mol. The van der Waals surface area contributed by atoms with E-state index in [1.807, 2.05) is 0 Å². The number of carbonyl (C=O) groups excluding carboxylic acids is 1. The Morgan fingerprint density at radius 3 is 2.60 bits per heavy atom. The summed E-state index contributed by atoms with van der Waals surface area (Å²) in [4.78, 5) is 25.1. The summed E-state index contributed by atoms with van der Waals surface area (Å²) in [6.07, 6.45) is 3.32. The standard InChI is InChI=1S/C13H11N3O4/c1-20-12-3-2-9(8-11(12)16(18)19)13(17)15-10-4-6-14-7-5-10/h2-8H,1H3,(H,14,15,17)/p+1. The number of nitrogens with one attached hydrogen (secondary N) is 2. The number of nitro groups is 1. The molecule has 2 N–H and O–H groups in total. The lowest BCUT2D eigenvalue weighted by atomic mass is 10.1. The fourth-order valence-corrected chi connectivity index (χ4v) is 1.65. The van der Waals surface area contributed by atoms with Gasteiger partial charge in [0, 0.05) is 23.8 Å². The molecule has 1 amide bonds. The number of H-pyrrole nitrogens is 1. The van der Waals surface area contributed by atoms with Crippen LogP contribution in [0.25, 0.3) is 0 Å². The molecule has 0 fully saturated rings. The molecule has 1 heterocycles. The molecular weight excluding hydrogens is 262 g/mol. The molecule has 0 atom stereocenters. The second-order valence-electron chi connectivity index (χ2n) is 3.89. The van der Waals surface area contributed by atoms with Crippen LogP contribution in [-0.2, 0) is 0 Å². The lowest BCUT2D eigenvalue weighted by molar-refractivity contribution is -0.385. The quantitative estimate of drug-likeness (QED) is 0.677. The third-order valence-electron chi connectivity index (χ3n) is 2.61. The van der Waals surface area contributed by atoms with Crippen molar-refractivity contribution in [2.75, 3.05) is 12.4 Å². The number of methoxy groups -OCH3 is 1. The molecule has 0 spiro atoms. The summed E-state index contributed by atoms with van der Waals surface area (Å²) in [5.41, 5.74) is 0.527. The van der Waals surface area contributed by atoms with Gasteiger partial charge in [-0.1, -0.05) is 0 Å². The molecule has 1 aromatic heterocycles. The number of nitrogens with zero attached hydrogens (tertiary/aromatic N) is 1. The van der Waals surface area contributed by atoms with Crippen LogP contribution in [0.1, 0.15) is 10.4 Å². The van der Waals surface area contributed by atoms with Gasteiger partial charge in [-0.25, -0.2) is 4.98 Å². The number of hydrogen-bond acceptors (Lipinski definition) is 4. The molecule has 0 aliphatic heterocycles. The molecule has 7 nitrogen and oxygen atoms in total. The highest BCUT2D eigenvalue weighted by Gasteiger charge is 2.18. The monoisotopic (exact) mass is 274 g/mol. The first-order valence-corrected chi connectivity index (χ1v) is 5.71. The first-order chi connectivity index (χ1) is 9.61. The number of aromatic nitrogens is 1. The Kier molecular flexibility index (Phi) is 3.90. The van der Waals surface area contributed by atoms with E-state index in [0.29, 0.717) is 5.69 Å². The van der Waals surface area contributed by atoms with Crippen LogP contribution < -0.4 is 15.0 Å². The van der Waals surface area contributed by atoms with E-state index >= 15 is 0 Å². The van der Waals surface area contributed by atoms with Gasteiger partial charge in [-0.2, -0.15) is 0 Å². The minimum absolute atomic E-state index is 0.112. The molecule has 0 radical (unpaired) electrons. The molecule has 0 aliphatic carbocycles. The zero-order chi connectivity index (χ0) is 14.5. The van der Waals surface area contributed by atoms with E-state index in [0.717, 1.165) is 0 Å². The van der Waals surface area contributed by atoms with Gasteiger partial charge in [-0.15, -0.1) is 0 Å². The molecule has 1 aromatic carbocycles. The van der Waals surface area contributed by atoms with Gasteiger partial charge in [0.15, 0.2) is 18.1 Å². The number of ether oxygens (including phenoxy) is 1. The molecule has 7 heteroatoms. The minimum atomic E-state index is -0.590. The number of rotatable bonds is 4. The summed E-state index contributed by atoms with van der Waals surface area (Å²) in [6.45, 7) is 0. The Labute approximate surface area is 114 Å². The van der Waals surface area contributed by atoms with Crippen LogP contribution in [0.4, 0.5) is 11.4 Å². The van der Waals surface area contributed by atoms with Gasteiger partial charge in [-0.3, -0.25) is 14.9 Å². The van der Waals surface area contributed by atoms with E-state index in [4.69, 9.17) is 4.74 Å². The largest absolute Gasteiger partial charge is 0.490 e. The van der Waals surface area contributed by atoms with E-state index in [1.165, 1.54) is 25.3 Å². The van der Waals surface area contributed by atoms with E-state index in [1.54, 1.807) is 24.5 Å². The fourth-order valence-electron chi connectivity index (χ4n) is 1.65. The van der Waals surface area contributed by atoms with Gasteiger partial charge >= 0.3 is 5.69 Å². The average molecular weight is 274 g/mol. The number of aromatic amines is 1. The van der Waals surface area contributed by atoms with Gasteiger partial charge in [0.25, 0.3) is 5.91 Å². The van der Waals surface area contributed by atoms with Crippen LogP contribution in [0.3, 0.4) is 0 Å². The molecule has 20 heavy (non-hydrogen) atoms. The van der Waals surface area contributed by atoms with Crippen molar-refractivity contribution in [2.45, 2.75) is 0 Å². The molecule has 102 valence electrons. The van der Waals surface area contributed by atoms with Crippen molar-refractivity contribution in [2.24, 2.45) is 0 Å².